The summed E-state index contributed by atoms with van der Waals surface area (Å²) in [5.74, 6) is 0.846. The third kappa shape index (κ3) is 3.28. The number of thioether (sulfide) groups is 1. The van der Waals surface area contributed by atoms with Gasteiger partial charge in [-0.05, 0) is 54.1 Å². The molecule has 1 aromatic carbocycles. The number of benzene rings is 1. The molecule has 1 N–H and O–H groups in total. The fraction of sp³-hybridized carbons (Fsp3) is 0.538. The molecule has 0 spiro atoms. The lowest BCUT2D eigenvalue weighted by atomic mass is 10.2. The number of anilines is 1. The summed E-state index contributed by atoms with van der Waals surface area (Å²) in [6, 6.07) is 3.78. The molecule has 1 aliphatic rings. The van der Waals surface area contributed by atoms with Gasteiger partial charge in [-0.1, -0.05) is 11.6 Å². The van der Waals surface area contributed by atoms with Crippen LogP contribution in [0.15, 0.2) is 16.6 Å². The number of hydrogen-bond acceptors (Lipinski definition) is 3. The van der Waals surface area contributed by atoms with Gasteiger partial charge in [-0.3, -0.25) is 0 Å². The molecule has 0 aromatic heterocycles. The number of nitrogens with one attached hydrogen (secondary N) is 1. The molecule has 100 valence electrons. The predicted octanol–water partition coefficient (Wildman–Crippen LogP) is 4.81. The molecule has 1 saturated carbocycles. The van der Waals surface area contributed by atoms with Gasteiger partial charge in [0.2, 0.25) is 0 Å². The monoisotopic (exact) mass is 349 g/mol. The average molecular weight is 351 g/mol. The van der Waals surface area contributed by atoms with E-state index in [1.807, 2.05) is 30.8 Å². The summed E-state index contributed by atoms with van der Waals surface area (Å²) in [5, 5.41) is 4.18. The topological polar surface area (TPSA) is 21.3 Å². The zero-order valence-electron chi connectivity index (χ0n) is 10.6. The molecule has 2 rings (SSSR count). The maximum atomic E-state index is 6.09. The number of hydrogen-bond donors (Lipinski definition) is 1. The van der Waals surface area contributed by atoms with Crippen LogP contribution in [0.5, 0.6) is 5.75 Å². The third-order valence-electron chi connectivity index (χ3n) is 3.14. The number of ether oxygens (including phenoxy) is 1. The molecule has 5 heteroatoms. The highest BCUT2D eigenvalue weighted by Gasteiger charge is 2.41. The molecule has 0 radical (unpaired) electrons. The van der Waals surface area contributed by atoms with Gasteiger partial charge >= 0.3 is 0 Å². The Hall–Kier alpha value is -0.0600. The molecule has 0 heterocycles. The van der Waals surface area contributed by atoms with Crippen molar-refractivity contribution in [2.24, 2.45) is 0 Å². The summed E-state index contributed by atoms with van der Waals surface area (Å²) >= 11 is 11.5. The molecule has 18 heavy (non-hydrogen) atoms. The number of rotatable bonds is 6. The molecule has 1 fully saturated rings. The minimum Gasteiger partial charge on any atom is -0.491 e. The van der Waals surface area contributed by atoms with E-state index >= 15 is 0 Å². The zero-order valence-corrected chi connectivity index (χ0v) is 13.7. The fourth-order valence-electron chi connectivity index (χ4n) is 1.83. The van der Waals surface area contributed by atoms with Gasteiger partial charge in [0.15, 0.2) is 5.75 Å². The standard InChI is InChI=1S/C13H17BrClNOS/c1-3-17-12-10(14)6-9(15)7-11(12)16-8-13(18-2)4-5-13/h6-7,16H,3-5,8H2,1-2H3. The molecule has 2 nitrogen and oxygen atoms in total. The Morgan fingerprint density at radius 2 is 2.22 bits per heavy atom. The Balaban J connectivity index is 2.14. The Labute approximate surface area is 126 Å². The van der Waals surface area contributed by atoms with Gasteiger partial charge in [0.25, 0.3) is 0 Å². The number of halogens is 2. The smallest absolute Gasteiger partial charge is 0.156 e. The zero-order chi connectivity index (χ0) is 13.2. The molecule has 0 aliphatic heterocycles. The van der Waals surface area contributed by atoms with Gasteiger partial charge in [0.05, 0.1) is 16.8 Å². The largest absolute Gasteiger partial charge is 0.491 e. The van der Waals surface area contributed by atoms with Crippen LogP contribution in [0.4, 0.5) is 5.69 Å². The van der Waals surface area contributed by atoms with Gasteiger partial charge in [0.1, 0.15) is 0 Å². The Morgan fingerprint density at radius 3 is 2.78 bits per heavy atom. The normalized spacial score (nSPS) is 16.4. The van der Waals surface area contributed by atoms with E-state index in [-0.39, 0.29) is 0 Å². The van der Waals surface area contributed by atoms with Gasteiger partial charge in [0, 0.05) is 16.3 Å². The van der Waals surface area contributed by atoms with E-state index in [0.29, 0.717) is 16.4 Å². The van der Waals surface area contributed by atoms with Crippen molar-refractivity contribution in [2.45, 2.75) is 24.5 Å². The molecule has 0 bridgehead atoms. The van der Waals surface area contributed by atoms with Crippen molar-refractivity contribution in [1.82, 2.24) is 0 Å². The molecule has 1 aromatic rings. The van der Waals surface area contributed by atoms with Crippen LogP contribution in [-0.4, -0.2) is 24.2 Å². The first kappa shape index (κ1) is 14.4. The van der Waals surface area contributed by atoms with Crippen molar-refractivity contribution in [3.63, 3.8) is 0 Å². The second kappa shape index (κ2) is 5.93. The summed E-state index contributed by atoms with van der Waals surface area (Å²) in [6.45, 7) is 3.58. The third-order valence-corrected chi connectivity index (χ3v) is 5.36. The average Bonchev–Trinajstić information content (AvgIpc) is 3.11. The first-order valence-corrected chi connectivity index (χ1v) is 8.40. The minimum atomic E-state index is 0.415. The van der Waals surface area contributed by atoms with Crippen LogP contribution in [-0.2, 0) is 0 Å². The van der Waals surface area contributed by atoms with E-state index in [1.54, 1.807) is 0 Å². The predicted molar refractivity (Wildman–Crippen MR) is 84.3 cm³/mol. The second-order valence-electron chi connectivity index (χ2n) is 4.44. The van der Waals surface area contributed by atoms with E-state index in [0.717, 1.165) is 22.5 Å². The van der Waals surface area contributed by atoms with Crippen molar-refractivity contribution >= 4 is 45.0 Å². The van der Waals surface area contributed by atoms with Crippen LogP contribution in [0.2, 0.25) is 5.02 Å². The molecular weight excluding hydrogens is 334 g/mol. The summed E-state index contributed by atoms with van der Waals surface area (Å²) in [4.78, 5) is 0. The lowest BCUT2D eigenvalue weighted by Crippen LogP contribution is -2.18. The van der Waals surface area contributed by atoms with E-state index in [1.165, 1.54) is 12.8 Å². The molecule has 0 saturated heterocycles. The SMILES string of the molecule is CCOc1c(Br)cc(Cl)cc1NCC1(SC)CC1. The quantitative estimate of drug-likeness (QED) is 0.795. The van der Waals surface area contributed by atoms with E-state index < -0.39 is 0 Å². The molecule has 0 atom stereocenters. The van der Waals surface area contributed by atoms with Gasteiger partial charge < -0.3 is 10.1 Å². The summed E-state index contributed by atoms with van der Waals surface area (Å²) in [7, 11) is 0. The summed E-state index contributed by atoms with van der Waals surface area (Å²) < 4.78 is 6.98. The molecular formula is C13H17BrClNOS. The summed E-state index contributed by atoms with van der Waals surface area (Å²) in [5.41, 5.74) is 0.969. The van der Waals surface area contributed by atoms with Crippen LogP contribution in [0.3, 0.4) is 0 Å². The van der Waals surface area contributed by atoms with Crippen molar-refractivity contribution in [3.05, 3.63) is 21.6 Å². The van der Waals surface area contributed by atoms with E-state index in [9.17, 15) is 0 Å². The summed E-state index contributed by atoms with van der Waals surface area (Å²) in [6.07, 6.45) is 4.74. The van der Waals surface area contributed by atoms with Gasteiger partial charge in [-0.2, -0.15) is 11.8 Å². The first-order valence-electron chi connectivity index (χ1n) is 6.01. The van der Waals surface area contributed by atoms with Gasteiger partial charge in [-0.15, -0.1) is 0 Å². The molecule has 1 aliphatic carbocycles. The van der Waals surface area contributed by atoms with Crippen LogP contribution in [0.1, 0.15) is 19.8 Å². The highest BCUT2D eigenvalue weighted by Crippen LogP contribution is 2.47. The van der Waals surface area contributed by atoms with Crippen molar-refractivity contribution < 1.29 is 4.74 Å². The molecule has 0 amide bonds. The Morgan fingerprint density at radius 1 is 1.50 bits per heavy atom. The van der Waals surface area contributed by atoms with Crippen LogP contribution in [0.25, 0.3) is 0 Å². The highest BCUT2D eigenvalue weighted by molar-refractivity contribution is 9.10. The Kier molecular flexibility index (Phi) is 4.73. The maximum Gasteiger partial charge on any atom is 0.156 e. The fourth-order valence-corrected chi connectivity index (χ4v) is 3.48. The lowest BCUT2D eigenvalue weighted by Gasteiger charge is -2.18. The highest BCUT2D eigenvalue weighted by atomic mass is 79.9. The van der Waals surface area contributed by atoms with Crippen molar-refractivity contribution in [3.8, 4) is 5.75 Å². The molecule has 0 unspecified atom stereocenters. The van der Waals surface area contributed by atoms with Gasteiger partial charge in [-0.25, -0.2) is 0 Å². The lowest BCUT2D eigenvalue weighted by molar-refractivity contribution is 0.339. The van der Waals surface area contributed by atoms with E-state index in [2.05, 4.69) is 27.5 Å². The van der Waals surface area contributed by atoms with Crippen LogP contribution >= 0.6 is 39.3 Å². The Bertz CT molecular complexity index is 437. The van der Waals surface area contributed by atoms with Crippen LogP contribution < -0.4 is 10.1 Å². The second-order valence-corrected chi connectivity index (χ2v) is 7.00. The van der Waals surface area contributed by atoms with E-state index in [4.69, 9.17) is 16.3 Å². The van der Waals surface area contributed by atoms with Crippen LogP contribution in [0, 0.1) is 0 Å². The maximum absolute atomic E-state index is 6.09. The first-order chi connectivity index (χ1) is 8.60. The van der Waals surface area contributed by atoms with Crippen molar-refractivity contribution in [2.75, 3.05) is 24.7 Å². The van der Waals surface area contributed by atoms with Crippen molar-refractivity contribution in [1.29, 1.82) is 0 Å². The minimum absolute atomic E-state index is 0.415.